The van der Waals surface area contributed by atoms with Crippen molar-refractivity contribution in [2.45, 2.75) is 18.1 Å². The van der Waals surface area contributed by atoms with Gasteiger partial charge in [0.15, 0.2) is 5.82 Å². The number of rotatable bonds is 4. The van der Waals surface area contributed by atoms with E-state index in [-0.39, 0.29) is 11.3 Å². The molecule has 0 aliphatic rings. The molecule has 0 radical (unpaired) electrons. The van der Waals surface area contributed by atoms with Crippen molar-refractivity contribution < 1.29 is 18.0 Å². The smallest absolute Gasteiger partial charge is 0.398 e. The number of pyridine rings is 1. The van der Waals surface area contributed by atoms with Gasteiger partial charge in [-0.15, -0.1) is 11.8 Å². The molecular weight excluding hydrogens is 445 g/mol. The summed E-state index contributed by atoms with van der Waals surface area (Å²) in [6, 6.07) is 6.24. The molecule has 2 aromatic heterocycles. The number of amides is 1. The number of imidazole rings is 1. The number of nitrogens with one attached hydrogen (secondary N) is 1. The third-order valence-electron chi connectivity index (χ3n) is 3.68. The van der Waals surface area contributed by atoms with Crippen molar-refractivity contribution in [2.75, 3.05) is 16.8 Å². The van der Waals surface area contributed by atoms with Gasteiger partial charge in [-0.05, 0) is 52.0 Å². The van der Waals surface area contributed by atoms with E-state index >= 15 is 0 Å². The van der Waals surface area contributed by atoms with E-state index < -0.39 is 17.6 Å². The van der Waals surface area contributed by atoms with Crippen LogP contribution in [0.15, 0.2) is 46.0 Å². The van der Waals surface area contributed by atoms with Gasteiger partial charge in [0.1, 0.15) is 10.7 Å². The Hall–Kier alpha value is -2.20. The van der Waals surface area contributed by atoms with Gasteiger partial charge in [0.25, 0.3) is 5.91 Å². The number of carbonyl (C=O) groups excluding carboxylic acids is 1. The molecule has 2 heterocycles. The van der Waals surface area contributed by atoms with Crippen LogP contribution < -0.4 is 11.1 Å². The summed E-state index contributed by atoms with van der Waals surface area (Å²) in [6.45, 7) is 1.96. The lowest BCUT2D eigenvalue weighted by molar-refractivity contribution is -0.137. The predicted molar refractivity (Wildman–Crippen MR) is 103 cm³/mol. The van der Waals surface area contributed by atoms with E-state index in [2.05, 4.69) is 26.2 Å². The number of nitrogens with zero attached hydrogens (tertiary/aromatic N) is 2. The number of halogens is 4. The number of nitrogen functional groups attached to an aromatic ring is 1. The topological polar surface area (TPSA) is 72.4 Å². The van der Waals surface area contributed by atoms with Crippen molar-refractivity contribution >= 4 is 50.8 Å². The third kappa shape index (κ3) is 4.06. The molecule has 1 aromatic carbocycles. The molecule has 142 valence electrons. The van der Waals surface area contributed by atoms with Crippen LogP contribution in [0.2, 0.25) is 0 Å². The summed E-state index contributed by atoms with van der Waals surface area (Å²) in [5, 5.41) is 3.37. The average molecular weight is 459 g/mol. The fourth-order valence-electron chi connectivity index (χ4n) is 2.47. The van der Waals surface area contributed by atoms with Gasteiger partial charge in [-0.2, -0.15) is 13.2 Å². The third-order valence-corrected chi connectivity index (χ3v) is 5.10. The molecule has 3 N–H and O–H groups in total. The minimum atomic E-state index is -4.52. The van der Waals surface area contributed by atoms with Crippen LogP contribution in [-0.2, 0) is 6.18 Å². The molecule has 0 unspecified atom stereocenters. The largest absolute Gasteiger partial charge is 0.416 e. The first-order chi connectivity index (χ1) is 12.7. The maximum Gasteiger partial charge on any atom is 0.416 e. The highest BCUT2D eigenvalue weighted by molar-refractivity contribution is 9.10. The van der Waals surface area contributed by atoms with Crippen LogP contribution in [0.25, 0.3) is 5.65 Å². The van der Waals surface area contributed by atoms with Crippen molar-refractivity contribution in [3.8, 4) is 0 Å². The monoisotopic (exact) mass is 458 g/mol. The van der Waals surface area contributed by atoms with Crippen LogP contribution in [0.1, 0.15) is 22.8 Å². The van der Waals surface area contributed by atoms with E-state index in [1.165, 1.54) is 11.8 Å². The molecule has 1 amide bonds. The fourth-order valence-corrected chi connectivity index (χ4v) is 3.60. The Balaban J connectivity index is 1.95. The highest BCUT2D eigenvalue weighted by Crippen LogP contribution is 2.33. The van der Waals surface area contributed by atoms with Crippen LogP contribution in [0.5, 0.6) is 0 Å². The number of benzene rings is 1. The van der Waals surface area contributed by atoms with Gasteiger partial charge >= 0.3 is 6.18 Å². The van der Waals surface area contributed by atoms with Crippen molar-refractivity contribution in [2.24, 2.45) is 0 Å². The molecule has 0 atom stereocenters. The van der Waals surface area contributed by atoms with Crippen molar-refractivity contribution in [3.05, 3.63) is 52.1 Å². The Kier molecular flexibility index (Phi) is 5.38. The summed E-state index contributed by atoms with van der Waals surface area (Å²) in [5.41, 5.74) is 5.09. The summed E-state index contributed by atoms with van der Waals surface area (Å²) in [4.78, 5) is 16.9. The number of nitrogens with two attached hydrogens (primary N) is 1. The first kappa shape index (κ1) is 19.6. The molecule has 0 aliphatic heterocycles. The highest BCUT2D eigenvalue weighted by atomic mass is 79.9. The van der Waals surface area contributed by atoms with Gasteiger partial charge in [0.2, 0.25) is 0 Å². The first-order valence-corrected chi connectivity index (χ1v) is 9.57. The first-order valence-electron chi connectivity index (χ1n) is 7.79. The number of alkyl halides is 3. The number of hydrogen-bond donors (Lipinski definition) is 2. The summed E-state index contributed by atoms with van der Waals surface area (Å²) < 4.78 is 40.9. The van der Waals surface area contributed by atoms with E-state index in [1.807, 2.05) is 23.6 Å². The molecule has 0 bridgehead atoms. The molecular formula is C17H14BrF3N4OS. The van der Waals surface area contributed by atoms with Crippen LogP contribution in [-0.4, -0.2) is 21.0 Å². The normalized spacial score (nSPS) is 11.7. The lowest BCUT2D eigenvalue weighted by Crippen LogP contribution is -2.16. The molecule has 10 heteroatoms. The highest BCUT2D eigenvalue weighted by Gasteiger charge is 2.31. The SMILES string of the molecule is CCSc1c(NC(=O)c2ccc(C(F)(F)F)cc2N)nc2ccc(Br)cn12. The molecule has 3 rings (SSSR count). The lowest BCUT2D eigenvalue weighted by Gasteiger charge is -2.11. The van der Waals surface area contributed by atoms with E-state index in [0.717, 1.165) is 28.4 Å². The number of anilines is 2. The Morgan fingerprint density at radius 1 is 1.33 bits per heavy atom. The summed E-state index contributed by atoms with van der Waals surface area (Å²) in [5.74, 6) is 0.442. The number of hydrogen-bond acceptors (Lipinski definition) is 4. The second kappa shape index (κ2) is 7.43. The summed E-state index contributed by atoms with van der Waals surface area (Å²) >= 11 is 4.87. The zero-order valence-corrected chi connectivity index (χ0v) is 16.4. The van der Waals surface area contributed by atoms with Gasteiger partial charge in [0.05, 0.1) is 11.1 Å². The van der Waals surface area contributed by atoms with Crippen molar-refractivity contribution in [1.82, 2.24) is 9.38 Å². The minimum Gasteiger partial charge on any atom is -0.398 e. The summed E-state index contributed by atoms with van der Waals surface area (Å²) in [7, 11) is 0. The number of carbonyl (C=O) groups is 1. The van der Waals surface area contributed by atoms with E-state index in [1.54, 1.807) is 6.07 Å². The predicted octanol–water partition coefficient (Wildman–Crippen LogP) is 5.06. The second-order valence-corrected chi connectivity index (χ2v) is 7.70. The molecule has 0 fully saturated rings. The van der Waals surface area contributed by atoms with Gasteiger partial charge in [-0.3, -0.25) is 9.20 Å². The van der Waals surface area contributed by atoms with E-state index in [4.69, 9.17) is 5.73 Å². The van der Waals surface area contributed by atoms with Gasteiger partial charge in [-0.25, -0.2) is 4.98 Å². The maximum absolute atomic E-state index is 12.8. The Morgan fingerprint density at radius 2 is 2.07 bits per heavy atom. The summed E-state index contributed by atoms with van der Waals surface area (Å²) in [6.07, 6.45) is -2.70. The molecule has 0 saturated heterocycles. The molecule has 3 aromatic rings. The molecule has 0 spiro atoms. The molecule has 5 nitrogen and oxygen atoms in total. The minimum absolute atomic E-state index is 0.0475. The maximum atomic E-state index is 12.8. The zero-order valence-electron chi connectivity index (χ0n) is 14.0. The van der Waals surface area contributed by atoms with E-state index in [9.17, 15) is 18.0 Å². The number of thioether (sulfide) groups is 1. The Morgan fingerprint density at radius 3 is 2.70 bits per heavy atom. The Labute approximate surface area is 165 Å². The van der Waals surface area contributed by atoms with Gasteiger partial charge < -0.3 is 11.1 Å². The number of aromatic nitrogens is 2. The van der Waals surface area contributed by atoms with Crippen LogP contribution >= 0.6 is 27.7 Å². The fraction of sp³-hybridized carbons (Fsp3) is 0.176. The van der Waals surface area contributed by atoms with Crippen molar-refractivity contribution in [3.63, 3.8) is 0 Å². The van der Waals surface area contributed by atoms with Crippen LogP contribution in [0.4, 0.5) is 24.7 Å². The average Bonchev–Trinajstić information content (AvgIpc) is 2.91. The molecule has 0 aliphatic carbocycles. The van der Waals surface area contributed by atoms with E-state index in [0.29, 0.717) is 16.5 Å². The standard InChI is InChI=1S/C17H14BrF3N4OS/c1-2-27-16-14(23-13-6-4-10(18)8-25(13)16)24-15(26)11-5-3-9(7-12(11)22)17(19,20)21/h3-8H,2,22H2,1H3,(H,24,26). The second-order valence-electron chi connectivity index (χ2n) is 5.53. The van der Waals surface area contributed by atoms with Gasteiger partial charge in [0, 0.05) is 16.4 Å². The Bertz CT molecular complexity index is 1020. The lowest BCUT2D eigenvalue weighted by atomic mass is 10.1. The van der Waals surface area contributed by atoms with Crippen LogP contribution in [0, 0.1) is 0 Å². The quantitative estimate of drug-likeness (QED) is 0.423. The number of fused-ring (bicyclic) bond motifs is 1. The zero-order chi connectivity index (χ0) is 19.8. The molecule has 27 heavy (non-hydrogen) atoms. The van der Waals surface area contributed by atoms with Crippen LogP contribution in [0.3, 0.4) is 0 Å². The molecule has 0 saturated carbocycles. The van der Waals surface area contributed by atoms with Gasteiger partial charge in [-0.1, -0.05) is 6.92 Å². The van der Waals surface area contributed by atoms with Crippen molar-refractivity contribution in [1.29, 1.82) is 0 Å².